The SMILES string of the molecule is O=C1S/C(=C\c2ccc(-c3cc(C(F)(F)F)ccc3Cl)o2)C(=S)N1Cc1ccccc1. The van der Waals surface area contributed by atoms with Crippen LogP contribution in [0.3, 0.4) is 0 Å². The third kappa shape index (κ3) is 4.71. The van der Waals surface area contributed by atoms with Crippen molar-refractivity contribution in [1.82, 2.24) is 4.90 Å². The first kappa shape index (κ1) is 21.7. The van der Waals surface area contributed by atoms with Gasteiger partial charge in [-0.3, -0.25) is 9.69 Å². The molecule has 2 heterocycles. The lowest BCUT2D eigenvalue weighted by atomic mass is 10.1. The second-order valence-corrected chi connectivity index (χ2v) is 8.43. The van der Waals surface area contributed by atoms with Crippen molar-refractivity contribution in [2.45, 2.75) is 12.7 Å². The van der Waals surface area contributed by atoms with Crippen LogP contribution in [0, 0.1) is 0 Å². The predicted octanol–water partition coefficient (Wildman–Crippen LogP) is 7.66. The number of furan rings is 1. The zero-order valence-corrected chi connectivity index (χ0v) is 18.0. The Labute approximate surface area is 190 Å². The number of nitrogens with zero attached hydrogens (tertiary/aromatic N) is 1. The lowest BCUT2D eigenvalue weighted by Crippen LogP contribution is -2.26. The second kappa shape index (κ2) is 8.53. The van der Waals surface area contributed by atoms with Crippen LogP contribution in [0.5, 0.6) is 0 Å². The molecule has 0 bridgehead atoms. The summed E-state index contributed by atoms with van der Waals surface area (Å²) in [7, 11) is 0. The summed E-state index contributed by atoms with van der Waals surface area (Å²) < 4.78 is 44.8. The first-order valence-electron chi connectivity index (χ1n) is 8.98. The average Bonchev–Trinajstić information content (AvgIpc) is 3.28. The molecule has 1 saturated heterocycles. The summed E-state index contributed by atoms with van der Waals surface area (Å²) in [5.74, 6) is 0.534. The minimum Gasteiger partial charge on any atom is -0.457 e. The Bertz CT molecular complexity index is 1190. The molecule has 1 aliphatic heterocycles. The van der Waals surface area contributed by atoms with E-state index in [9.17, 15) is 18.0 Å². The maximum atomic E-state index is 13.0. The largest absolute Gasteiger partial charge is 0.457 e. The number of benzene rings is 2. The van der Waals surface area contributed by atoms with E-state index in [-0.39, 0.29) is 21.6 Å². The van der Waals surface area contributed by atoms with E-state index in [2.05, 4.69) is 0 Å². The van der Waals surface area contributed by atoms with Crippen LogP contribution in [0.15, 0.2) is 70.0 Å². The summed E-state index contributed by atoms with van der Waals surface area (Å²) in [5.41, 5.74) is 0.252. The van der Waals surface area contributed by atoms with Gasteiger partial charge in [-0.25, -0.2) is 0 Å². The molecular formula is C22H13ClF3NO2S2. The molecule has 2 aromatic carbocycles. The molecule has 0 spiro atoms. The van der Waals surface area contributed by atoms with Crippen molar-refractivity contribution in [3.8, 4) is 11.3 Å². The average molecular weight is 480 g/mol. The Balaban J connectivity index is 1.58. The molecule has 1 aromatic heterocycles. The summed E-state index contributed by atoms with van der Waals surface area (Å²) in [5, 5.41) is -0.0654. The van der Waals surface area contributed by atoms with Gasteiger partial charge < -0.3 is 4.42 Å². The highest BCUT2D eigenvalue weighted by atomic mass is 35.5. The number of hydrogen-bond acceptors (Lipinski definition) is 4. The molecular weight excluding hydrogens is 467 g/mol. The summed E-state index contributed by atoms with van der Waals surface area (Å²) >= 11 is 12.5. The van der Waals surface area contributed by atoms with Crippen molar-refractivity contribution in [2.24, 2.45) is 0 Å². The Morgan fingerprint density at radius 2 is 1.84 bits per heavy atom. The monoisotopic (exact) mass is 479 g/mol. The molecule has 0 N–H and O–H groups in total. The van der Waals surface area contributed by atoms with E-state index in [1.807, 2.05) is 30.3 Å². The van der Waals surface area contributed by atoms with Gasteiger partial charge in [0.1, 0.15) is 16.5 Å². The van der Waals surface area contributed by atoms with Crippen LogP contribution in [0.4, 0.5) is 18.0 Å². The van der Waals surface area contributed by atoms with Crippen molar-refractivity contribution in [3.63, 3.8) is 0 Å². The van der Waals surface area contributed by atoms with E-state index in [1.54, 1.807) is 12.1 Å². The number of rotatable bonds is 4. The third-order valence-electron chi connectivity index (χ3n) is 4.52. The van der Waals surface area contributed by atoms with Crippen molar-refractivity contribution in [2.75, 3.05) is 0 Å². The van der Waals surface area contributed by atoms with E-state index >= 15 is 0 Å². The molecule has 158 valence electrons. The molecule has 1 fully saturated rings. The molecule has 3 nitrogen and oxygen atoms in total. The van der Waals surface area contributed by atoms with Crippen LogP contribution >= 0.6 is 35.6 Å². The van der Waals surface area contributed by atoms with Gasteiger partial charge in [-0.05, 0) is 53.7 Å². The molecule has 0 radical (unpaired) electrons. The fourth-order valence-corrected chi connectivity index (χ4v) is 4.42. The van der Waals surface area contributed by atoms with Gasteiger partial charge in [-0.15, -0.1) is 0 Å². The molecule has 4 rings (SSSR count). The number of halogens is 4. The van der Waals surface area contributed by atoms with Crippen LogP contribution in [0.1, 0.15) is 16.9 Å². The number of thiocarbonyl (C=S) groups is 1. The third-order valence-corrected chi connectivity index (χ3v) is 6.34. The minimum absolute atomic E-state index is 0.129. The predicted molar refractivity (Wildman–Crippen MR) is 120 cm³/mol. The van der Waals surface area contributed by atoms with Gasteiger partial charge in [0, 0.05) is 5.56 Å². The van der Waals surface area contributed by atoms with Gasteiger partial charge in [0.25, 0.3) is 5.24 Å². The number of thioether (sulfide) groups is 1. The molecule has 9 heteroatoms. The van der Waals surface area contributed by atoms with E-state index in [4.69, 9.17) is 28.2 Å². The normalized spacial score (nSPS) is 15.9. The maximum Gasteiger partial charge on any atom is 0.416 e. The Hall–Kier alpha value is -2.55. The molecule has 3 aromatic rings. The number of carbonyl (C=O) groups excluding carboxylic acids is 1. The molecule has 1 amide bonds. The minimum atomic E-state index is -4.49. The maximum absolute atomic E-state index is 13.0. The fourth-order valence-electron chi connectivity index (χ4n) is 3.00. The zero-order chi connectivity index (χ0) is 22.2. The Kier molecular flexibility index (Phi) is 5.96. The molecule has 1 aliphatic rings. The van der Waals surface area contributed by atoms with Gasteiger partial charge in [-0.1, -0.05) is 54.2 Å². The Morgan fingerprint density at radius 1 is 1.10 bits per heavy atom. The van der Waals surface area contributed by atoms with Crippen molar-refractivity contribution in [1.29, 1.82) is 0 Å². The summed E-state index contributed by atoms with van der Waals surface area (Å²) in [6.07, 6.45) is -2.90. The summed E-state index contributed by atoms with van der Waals surface area (Å²) in [6, 6.07) is 15.6. The van der Waals surface area contributed by atoms with Crippen LogP contribution in [0.25, 0.3) is 17.4 Å². The van der Waals surface area contributed by atoms with Crippen LogP contribution in [0.2, 0.25) is 5.02 Å². The lowest BCUT2D eigenvalue weighted by molar-refractivity contribution is -0.137. The zero-order valence-electron chi connectivity index (χ0n) is 15.7. The van der Waals surface area contributed by atoms with E-state index in [0.29, 0.717) is 22.2 Å². The van der Waals surface area contributed by atoms with Gasteiger partial charge in [-0.2, -0.15) is 13.2 Å². The highest BCUT2D eigenvalue weighted by Crippen LogP contribution is 2.38. The van der Waals surface area contributed by atoms with Crippen molar-refractivity contribution >= 4 is 51.9 Å². The van der Waals surface area contributed by atoms with Crippen molar-refractivity contribution in [3.05, 3.63) is 87.5 Å². The standard InChI is InChI=1S/C22H13ClF3NO2S2/c23-17-8-6-14(22(24,25)26)10-16(17)18-9-7-15(29-18)11-19-20(30)27(21(28)31-19)12-13-4-2-1-3-5-13/h1-11H,12H2/b19-11-. The summed E-state index contributed by atoms with van der Waals surface area (Å²) in [6.45, 7) is 0.353. The number of alkyl halides is 3. The van der Waals surface area contributed by atoms with Gasteiger partial charge in [0.2, 0.25) is 0 Å². The highest BCUT2D eigenvalue weighted by Gasteiger charge is 2.33. The number of hydrogen-bond donors (Lipinski definition) is 0. The fraction of sp³-hybridized carbons (Fsp3) is 0.0909. The van der Waals surface area contributed by atoms with Crippen molar-refractivity contribution < 1.29 is 22.4 Å². The Morgan fingerprint density at radius 3 is 2.55 bits per heavy atom. The van der Waals surface area contributed by atoms with Crippen LogP contribution < -0.4 is 0 Å². The molecule has 0 saturated carbocycles. The van der Waals surface area contributed by atoms with Gasteiger partial charge in [0.15, 0.2) is 0 Å². The lowest BCUT2D eigenvalue weighted by Gasteiger charge is -2.14. The van der Waals surface area contributed by atoms with E-state index < -0.39 is 11.7 Å². The topological polar surface area (TPSA) is 33.5 Å². The van der Waals surface area contributed by atoms with E-state index in [0.717, 1.165) is 29.5 Å². The summed E-state index contributed by atoms with van der Waals surface area (Å²) in [4.78, 5) is 14.8. The van der Waals surface area contributed by atoms with Crippen LogP contribution in [-0.4, -0.2) is 15.1 Å². The first-order chi connectivity index (χ1) is 14.7. The first-order valence-corrected chi connectivity index (χ1v) is 10.6. The van der Waals surface area contributed by atoms with Gasteiger partial charge >= 0.3 is 6.18 Å². The molecule has 0 atom stereocenters. The quantitative estimate of drug-likeness (QED) is 0.284. The number of amides is 1. The second-order valence-electron chi connectivity index (χ2n) is 6.65. The smallest absolute Gasteiger partial charge is 0.416 e. The highest BCUT2D eigenvalue weighted by molar-refractivity contribution is 8.19. The molecule has 0 unspecified atom stereocenters. The number of carbonyl (C=O) groups is 1. The molecule has 31 heavy (non-hydrogen) atoms. The van der Waals surface area contributed by atoms with E-state index in [1.165, 1.54) is 17.0 Å². The molecule has 0 aliphatic carbocycles. The van der Waals surface area contributed by atoms with Crippen LogP contribution in [-0.2, 0) is 12.7 Å². The van der Waals surface area contributed by atoms with Gasteiger partial charge in [0.05, 0.1) is 22.0 Å².